The summed E-state index contributed by atoms with van der Waals surface area (Å²) in [6.45, 7) is 6.59. The minimum atomic E-state index is 0.455. The molecule has 2 heterocycles. The third-order valence-corrected chi connectivity index (χ3v) is 4.13. The van der Waals surface area contributed by atoms with Crippen LogP contribution in [0, 0.1) is 0 Å². The molecule has 0 fully saturated rings. The van der Waals surface area contributed by atoms with Gasteiger partial charge in [-0.05, 0) is 12.5 Å². The second kappa shape index (κ2) is 5.00. The third-order valence-electron chi connectivity index (χ3n) is 2.81. The van der Waals surface area contributed by atoms with Crippen LogP contribution in [0.4, 0.5) is 0 Å². The second-order valence-electron chi connectivity index (χ2n) is 4.84. The number of aryl methyl sites for hydroxylation is 1. The van der Waals surface area contributed by atoms with E-state index >= 15 is 0 Å². The van der Waals surface area contributed by atoms with Gasteiger partial charge in [0, 0.05) is 36.2 Å². The fourth-order valence-electron chi connectivity index (χ4n) is 1.79. The third kappa shape index (κ3) is 2.94. The summed E-state index contributed by atoms with van der Waals surface area (Å²) in [4.78, 5) is 5.81. The summed E-state index contributed by atoms with van der Waals surface area (Å²) < 4.78 is 1.86. The molecular formula is C13H19N3S. The van der Waals surface area contributed by atoms with E-state index in [1.165, 1.54) is 9.88 Å². The predicted octanol–water partition coefficient (Wildman–Crippen LogP) is 3.35. The van der Waals surface area contributed by atoms with Crippen molar-refractivity contribution in [2.24, 2.45) is 7.05 Å². The van der Waals surface area contributed by atoms with Crippen LogP contribution < -0.4 is 0 Å². The average molecular weight is 249 g/mol. The Kier molecular flexibility index (Phi) is 3.62. The molecule has 1 atom stereocenters. The Hall–Kier alpha value is -1.16. The van der Waals surface area contributed by atoms with Crippen molar-refractivity contribution >= 4 is 11.3 Å². The van der Waals surface area contributed by atoms with Gasteiger partial charge < -0.3 is 0 Å². The van der Waals surface area contributed by atoms with Crippen molar-refractivity contribution in [3.8, 4) is 0 Å². The van der Waals surface area contributed by atoms with E-state index in [4.69, 9.17) is 0 Å². The van der Waals surface area contributed by atoms with Gasteiger partial charge in [-0.1, -0.05) is 20.8 Å². The highest BCUT2D eigenvalue weighted by Gasteiger charge is 2.12. The van der Waals surface area contributed by atoms with Gasteiger partial charge >= 0.3 is 0 Å². The van der Waals surface area contributed by atoms with Crippen molar-refractivity contribution in [2.45, 2.75) is 39.0 Å². The van der Waals surface area contributed by atoms with Crippen LogP contribution in [-0.2, 0) is 13.5 Å². The number of thiazole rings is 1. The SMILES string of the molecule is CC(C)c1ncc(CC(C)c2ccn(C)n2)s1. The molecule has 0 aliphatic carbocycles. The molecule has 0 aliphatic rings. The van der Waals surface area contributed by atoms with Gasteiger partial charge in [-0.3, -0.25) is 4.68 Å². The van der Waals surface area contributed by atoms with Crippen LogP contribution in [0.3, 0.4) is 0 Å². The average Bonchev–Trinajstić information content (AvgIpc) is 2.86. The lowest BCUT2D eigenvalue weighted by molar-refractivity contribution is 0.681. The maximum absolute atomic E-state index is 4.46. The molecule has 2 aromatic heterocycles. The van der Waals surface area contributed by atoms with Crippen LogP contribution in [0.15, 0.2) is 18.5 Å². The number of hydrogen-bond acceptors (Lipinski definition) is 3. The lowest BCUT2D eigenvalue weighted by Crippen LogP contribution is -1.99. The molecule has 4 heteroatoms. The number of rotatable bonds is 4. The van der Waals surface area contributed by atoms with Gasteiger partial charge in [0.05, 0.1) is 10.7 Å². The highest BCUT2D eigenvalue weighted by Crippen LogP contribution is 2.26. The van der Waals surface area contributed by atoms with Crippen LogP contribution >= 0.6 is 11.3 Å². The molecule has 2 aromatic rings. The maximum atomic E-state index is 4.46. The van der Waals surface area contributed by atoms with Crippen molar-refractivity contribution in [3.05, 3.63) is 34.0 Å². The van der Waals surface area contributed by atoms with E-state index in [1.807, 2.05) is 35.5 Å². The quantitative estimate of drug-likeness (QED) is 0.832. The van der Waals surface area contributed by atoms with Crippen LogP contribution in [0.1, 0.15) is 48.2 Å². The van der Waals surface area contributed by atoms with Crippen molar-refractivity contribution in [3.63, 3.8) is 0 Å². The minimum absolute atomic E-state index is 0.455. The van der Waals surface area contributed by atoms with Crippen molar-refractivity contribution in [2.75, 3.05) is 0 Å². The van der Waals surface area contributed by atoms with E-state index < -0.39 is 0 Å². The van der Waals surface area contributed by atoms with Gasteiger partial charge in [-0.2, -0.15) is 5.10 Å². The van der Waals surface area contributed by atoms with Gasteiger partial charge in [0.2, 0.25) is 0 Å². The molecule has 0 amide bonds. The smallest absolute Gasteiger partial charge is 0.0953 e. The number of hydrogen-bond donors (Lipinski definition) is 0. The zero-order valence-electron chi connectivity index (χ0n) is 10.8. The van der Waals surface area contributed by atoms with Gasteiger partial charge in [0.25, 0.3) is 0 Å². The first-order valence-electron chi connectivity index (χ1n) is 6.00. The Bertz CT molecular complexity index is 484. The monoisotopic (exact) mass is 249 g/mol. The number of nitrogens with zero attached hydrogens (tertiary/aromatic N) is 3. The standard InChI is InChI=1S/C13H19N3S/c1-9(2)13-14-8-11(17-13)7-10(3)12-5-6-16(4)15-12/h5-6,8-10H,7H2,1-4H3. The van der Waals surface area contributed by atoms with E-state index in [9.17, 15) is 0 Å². The van der Waals surface area contributed by atoms with E-state index in [-0.39, 0.29) is 0 Å². The molecule has 0 radical (unpaired) electrons. The van der Waals surface area contributed by atoms with Gasteiger partial charge in [-0.25, -0.2) is 4.98 Å². The largest absolute Gasteiger partial charge is 0.276 e. The summed E-state index contributed by atoms with van der Waals surface area (Å²) in [5.74, 6) is 0.982. The highest BCUT2D eigenvalue weighted by molar-refractivity contribution is 7.11. The van der Waals surface area contributed by atoms with Crippen molar-refractivity contribution in [1.29, 1.82) is 0 Å². The van der Waals surface area contributed by atoms with Crippen molar-refractivity contribution < 1.29 is 0 Å². The molecule has 2 rings (SSSR count). The summed E-state index contributed by atoms with van der Waals surface area (Å²) in [6.07, 6.45) is 5.04. The molecule has 0 aromatic carbocycles. The Morgan fingerprint density at radius 1 is 1.35 bits per heavy atom. The number of aromatic nitrogens is 3. The first-order valence-corrected chi connectivity index (χ1v) is 6.82. The van der Waals surface area contributed by atoms with E-state index in [0.717, 1.165) is 12.1 Å². The van der Waals surface area contributed by atoms with E-state index in [1.54, 1.807) is 0 Å². The summed E-state index contributed by atoms with van der Waals surface area (Å²) in [5, 5.41) is 5.68. The topological polar surface area (TPSA) is 30.7 Å². The molecule has 0 saturated heterocycles. The second-order valence-corrected chi connectivity index (χ2v) is 5.99. The Balaban J connectivity index is 2.05. The lowest BCUT2D eigenvalue weighted by Gasteiger charge is -2.05. The molecule has 0 bridgehead atoms. The van der Waals surface area contributed by atoms with Crippen LogP contribution in [0.25, 0.3) is 0 Å². The molecule has 1 unspecified atom stereocenters. The summed E-state index contributed by atoms with van der Waals surface area (Å²) >= 11 is 1.83. The maximum Gasteiger partial charge on any atom is 0.0953 e. The predicted molar refractivity (Wildman–Crippen MR) is 71.5 cm³/mol. The molecule has 0 N–H and O–H groups in total. The Morgan fingerprint density at radius 2 is 2.12 bits per heavy atom. The van der Waals surface area contributed by atoms with Crippen LogP contribution in [0.2, 0.25) is 0 Å². The van der Waals surface area contributed by atoms with Crippen molar-refractivity contribution in [1.82, 2.24) is 14.8 Å². The molecule has 92 valence electrons. The molecule has 0 aliphatic heterocycles. The summed E-state index contributed by atoms with van der Waals surface area (Å²) in [5.41, 5.74) is 1.16. The van der Waals surface area contributed by atoms with Gasteiger partial charge in [-0.15, -0.1) is 11.3 Å². The van der Waals surface area contributed by atoms with Gasteiger partial charge in [0.15, 0.2) is 0 Å². The van der Waals surface area contributed by atoms with E-state index in [0.29, 0.717) is 11.8 Å². The van der Waals surface area contributed by atoms with Crippen LogP contribution in [0.5, 0.6) is 0 Å². The van der Waals surface area contributed by atoms with E-state index in [2.05, 4.69) is 36.9 Å². The Labute approximate surface area is 107 Å². The zero-order valence-corrected chi connectivity index (χ0v) is 11.7. The fraction of sp³-hybridized carbons (Fsp3) is 0.538. The molecular weight excluding hydrogens is 230 g/mol. The molecule has 17 heavy (non-hydrogen) atoms. The highest BCUT2D eigenvalue weighted by atomic mass is 32.1. The summed E-state index contributed by atoms with van der Waals surface area (Å²) in [6, 6.07) is 2.09. The van der Waals surface area contributed by atoms with Gasteiger partial charge in [0.1, 0.15) is 0 Å². The zero-order chi connectivity index (χ0) is 12.4. The minimum Gasteiger partial charge on any atom is -0.276 e. The normalized spacial score (nSPS) is 13.2. The van der Waals surface area contributed by atoms with Crippen LogP contribution in [-0.4, -0.2) is 14.8 Å². The summed E-state index contributed by atoms with van der Waals surface area (Å²) in [7, 11) is 1.96. The Morgan fingerprint density at radius 3 is 2.65 bits per heavy atom. The molecule has 0 spiro atoms. The molecule has 3 nitrogen and oxygen atoms in total. The first-order chi connectivity index (χ1) is 8.06. The fourth-order valence-corrected chi connectivity index (χ4v) is 2.83. The lowest BCUT2D eigenvalue weighted by atomic mass is 10.0. The first kappa shape index (κ1) is 12.3. The molecule has 0 saturated carbocycles.